The van der Waals surface area contributed by atoms with Gasteiger partial charge in [-0.2, -0.15) is 0 Å². The van der Waals surface area contributed by atoms with Crippen molar-refractivity contribution in [2.45, 2.75) is 13.8 Å². The smallest absolute Gasteiger partial charge is 0.205 e. The van der Waals surface area contributed by atoms with Gasteiger partial charge in [-0.25, -0.2) is 4.98 Å². The summed E-state index contributed by atoms with van der Waals surface area (Å²) in [4.78, 5) is 19.1. The molecule has 4 aromatic rings. The van der Waals surface area contributed by atoms with Gasteiger partial charge in [0.2, 0.25) is 5.78 Å². The monoisotopic (exact) mass is 358 g/mol. The molecule has 0 aliphatic heterocycles. The van der Waals surface area contributed by atoms with E-state index in [1.807, 2.05) is 67.6 Å². The summed E-state index contributed by atoms with van der Waals surface area (Å²) in [6.07, 6.45) is 0. The lowest BCUT2D eigenvalue weighted by atomic mass is 9.99. The molecule has 4 rings (SSSR count). The van der Waals surface area contributed by atoms with Crippen molar-refractivity contribution in [2.24, 2.45) is 0 Å². The number of benzene rings is 2. The van der Waals surface area contributed by atoms with Gasteiger partial charge in [-0.3, -0.25) is 4.79 Å². The molecule has 128 valence electrons. The third kappa shape index (κ3) is 2.59. The quantitative estimate of drug-likeness (QED) is 0.499. The number of ketones is 1. The first kappa shape index (κ1) is 16.5. The molecule has 0 saturated carbocycles. The number of nitrogen functional groups attached to an aromatic ring is 1. The standard InChI is InChI=1S/C22H18N2OS/c1-13-14(2)19(15-9-5-3-6-10-15)24-22-17(13)18(23)21(26-22)20(25)16-11-7-4-8-12-16/h3-12H,23H2,1-2H3. The van der Waals surface area contributed by atoms with Gasteiger partial charge in [0.1, 0.15) is 9.71 Å². The van der Waals surface area contributed by atoms with E-state index in [0.717, 1.165) is 32.6 Å². The van der Waals surface area contributed by atoms with Crippen LogP contribution in [0.1, 0.15) is 26.4 Å². The van der Waals surface area contributed by atoms with Crippen LogP contribution in [0.3, 0.4) is 0 Å². The molecule has 0 unspecified atom stereocenters. The number of aryl methyl sites for hydroxylation is 1. The first-order valence-corrected chi connectivity index (χ1v) is 9.24. The Morgan fingerprint density at radius 2 is 1.54 bits per heavy atom. The highest BCUT2D eigenvalue weighted by atomic mass is 32.1. The Bertz CT molecular complexity index is 1120. The lowest BCUT2D eigenvalue weighted by Gasteiger charge is -2.10. The van der Waals surface area contributed by atoms with Gasteiger partial charge in [-0.05, 0) is 25.0 Å². The van der Waals surface area contributed by atoms with Crippen molar-refractivity contribution in [1.29, 1.82) is 0 Å². The first-order chi connectivity index (χ1) is 12.6. The van der Waals surface area contributed by atoms with E-state index in [1.54, 1.807) is 0 Å². The summed E-state index contributed by atoms with van der Waals surface area (Å²) in [5, 5.41) is 0.895. The fourth-order valence-corrected chi connectivity index (χ4v) is 4.31. The molecule has 2 heterocycles. The molecule has 0 spiro atoms. The largest absolute Gasteiger partial charge is 0.397 e. The highest BCUT2D eigenvalue weighted by Crippen LogP contribution is 2.39. The molecule has 3 nitrogen and oxygen atoms in total. The van der Waals surface area contributed by atoms with E-state index in [4.69, 9.17) is 10.7 Å². The number of fused-ring (bicyclic) bond motifs is 1. The number of thiophene rings is 1. The van der Waals surface area contributed by atoms with Crippen molar-refractivity contribution in [1.82, 2.24) is 4.98 Å². The van der Waals surface area contributed by atoms with Crippen LogP contribution in [0, 0.1) is 13.8 Å². The molecule has 0 bridgehead atoms. The van der Waals surface area contributed by atoms with Gasteiger partial charge in [-0.15, -0.1) is 11.3 Å². The minimum atomic E-state index is -0.0515. The van der Waals surface area contributed by atoms with Gasteiger partial charge in [0.05, 0.1) is 11.4 Å². The Labute approximate surface area is 156 Å². The predicted octanol–water partition coefficient (Wildman–Crippen LogP) is 5.39. The van der Waals surface area contributed by atoms with Gasteiger partial charge in [-0.1, -0.05) is 60.7 Å². The van der Waals surface area contributed by atoms with Crippen LogP contribution in [0.2, 0.25) is 0 Å². The highest BCUT2D eigenvalue weighted by molar-refractivity contribution is 7.21. The van der Waals surface area contributed by atoms with Crippen LogP contribution in [0.5, 0.6) is 0 Å². The van der Waals surface area contributed by atoms with E-state index in [-0.39, 0.29) is 5.78 Å². The molecule has 2 aromatic heterocycles. The molecule has 26 heavy (non-hydrogen) atoms. The van der Waals surface area contributed by atoms with E-state index >= 15 is 0 Å². The molecule has 0 saturated heterocycles. The number of hydrogen-bond acceptors (Lipinski definition) is 4. The third-order valence-electron chi connectivity index (χ3n) is 4.72. The number of nitrogens with two attached hydrogens (primary N) is 1. The molecule has 4 heteroatoms. The second kappa shape index (κ2) is 6.39. The van der Waals surface area contributed by atoms with Crippen molar-refractivity contribution >= 4 is 33.0 Å². The third-order valence-corrected chi connectivity index (χ3v) is 5.82. The summed E-state index contributed by atoms with van der Waals surface area (Å²) in [7, 11) is 0. The Morgan fingerprint density at radius 3 is 2.19 bits per heavy atom. The van der Waals surface area contributed by atoms with Crippen LogP contribution in [-0.4, -0.2) is 10.8 Å². The van der Waals surface area contributed by atoms with E-state index in [2.05, 4.69) is 6.92 Å². The lowest BCUT2D eigenvalue weighted by Crippen LogP contribution is -2.02. The predicted molar refractivity (Wildman–Crippen MR) is 109 cm³/mol. The fraction of sp³-hybridized carbons (Fsp3) is 0.0909. The fourth-order valence-electron chi connectivity index (χ4n) is 3.19. The Balaban J connectivity index is 1.93. The summed E-state index contributed by atoms with van der Waals surface area (Å²) >= 11 is 1.37. The van der Waals surface area contributed by atoms with Crippen LogP contribution >= 0.6 is 11.3 Å². The number of rotatable bonds is 3. The van der Waals surface area contributed by atoms with Gasteiger partial charge >= 0.3 is 0 Å². The maximum absolute atomic E-state index is 12.9. The molecule has 2 N–H and O–H groups in total. The van der Waals surface area contributed by atoms with Gasteiger partial charge in [0.25, 0.3) is 0 Å². The van der Waals surface area contributed by atoms with E-state index in [9.17, 15) is 4.79 Å². The Hall–Kier alpha value is -2.98. The summed E-state index contributed by atoms with van der Waals surface area (Å²) < 4.78 is 0. The molecule has 0 aliphatic carbocycles. The van der Waals surface area contributed by atoms with Crippen molar-refractivity contribution in [3.05, 3.63) is 82.2 Å². The molecule has 0 fully saturated rings. The van der Waals surface area contributed by atoms with Crippen LogP contribution < -0.4 is 5.73 Å². The van der Waals surface area contributed by atoms with Crippen molar-refractivity contribution in [3.8, 4) is 11.3 Å². The molecular formula is C22H18N2OS. The average molecular weight is 358 g/mol. The van der Waals surface area contributed by atoms with Gasteiger partial charge < -0.3 is 5.73 Å². The number of carbonyl (C=O) groups excluding carboxylic acids is 1. The first-order valence-electron chi connectivity index (χ1n) is 8.42. The zero-order chi connectivity index (χ0) is 18.3. The van der Waals surface area contributed by atoms with Crippen LogP contribution in [-0.2, 0) is 0 Å². The molecule has 0 radical (unpaired) electrons. The summed E-state index contributed by atoms with van der Waals surface area (Å²) in [6, 6.07) is 19.3. The van der Waals surface area contributed by atoms with Gasteiger partial charge in [0.15, 0.2) is 0 Å². The number of hydrogen-bond donors (Lipinski definition) is 1. The number of anilines is 1. The average Bonchev–Trinajstić information content (AvgIpc) is 3.02. The molecule has 2 aromatic carbocycles. The van der Waals surface area contributed by atoms with E-state index in [0.29, 0.717) is 16.1 Å². The number of aromatic nitrogens is 1. The molecule has 0 amide bonds. The maximum Gasteiger partial charge on any atom is 0.205 e. The van der Waals surface area contributed by atoms with E-state index in [1.165, 1.54) is 11.3 Å². The van der Waals surface area contributed by atoms with Crippen molar-refractivity contribution < 1.29 is 4.79 Å². The minimum Gasteiger partial charge on any atom is -0.397 e. The second-order valence-corrected chi connectivity index (χ2v) is 7.30. The van der Waals surface area contributed by atoms with Gasteiger partial charge in [0, 0.05) is 16.5 Å². The number of pyridine rings is 1. The lowest BCUT2D eigenvalue weighted by molar-refractivity contribution is 0.104. The second-order valence-electron chi connectivity index (χ2n) is 6.30. The SMILES string of the molecule is Cc1c(-c2ccccc2)nc2sc(C(=O)c3ccccc3)c(N)c2c1C. The van der Waals surface area contributed by atoms with Crippen LogP contribution in [0.4, 0.5) is 5.69 Å². The van der Waals surface area contributed by atoms with Crippen molar-refractivity contribution in [2.75, 3.05) is 5.73 Å². The summed E-state index contributed by atoms with van der Waals surface area (Å²) in [5.41, 5.74) is 11.7. The van der Waals surface area contributed by atoms with Crippen LogP contribution in [0.15, 0.2) is 60.7 Å². The minimum absolute atomic E-state index is 0.0515. The number of carbonyl (C=O) groups is 1. The molecule has 0 atom stereocenters. The summed E-state index contributed by atoms with van der Waals surface area (Å²) in [6.45, 7) is 4.10. The maximum atomic E-state index is 12.9. The Morgan fingerprint density at radius 1 is 0.923 bits per heavy atom. The molecule has 0 aliphatic rings. The van der Waals surface area contributed by atoms with Crippen LogP contribution in [0.25, 0.3) is 21.5 Å². The number of nitrogens with zero attached hydrogens (tertiary/aromatic N) is 1. The summed E-state index contributed by atoms with van der Waals surface area (Å²) in [5.74, 6) is -0.0515. The zero-order valence-corrected chi connectivity index (χ0v) is 15.4. The Kier molecular flexibility index (Phi) is 4.05. The molecular weight excluding hydrogens is 340 g/mol. The highest BCUT2D eigenvalue weighted by Gasteiger charge is 2.22. The van der Waals surface area contributed by atoms with Crippen molar-refractivity contribution in [3.63, 3.8) is 0 Å². The normalized spacial score (nSPS) is 11.0. The topological polar surface area (TPSA) is 56.0 Å². The zero-order valence-electron chi connectivity index (χ0n) is 14.6. The van der Waals surface area contributed by atoms with E-state index < -0.39 is 0 Å².